The Balaban J connectivity index is 1.73. The van der Waals surface area contributed by atoms with E-state index < -0.39 is 10.0 Å². The molecule has 0 unspecified atom stereocenters. The number of primary sulfonamides is 1. The van der Waals surface area contributed by atoms with Crippen LogP contribution in [-0.2, 0) is 10.0 Å². The van der Waals surface area contributed by atoms with Gasteiger partial charge in [-0.2, -0.15) is 0 Å². The van der Waals surface area contributed by atoms with Crippen LogP contribution in [0.2, 0.25) is 0 Å². The van der Waals surface area contributed by atoms with Crippen LogP contribution in [0.3, 0.4) is 0 Å². The Morgan fingerprint density at radius 1 is 1.04 bits per heavy atom. The normalized spacial score (nSPS) is 11.6. The monoisotopic (exact) mass is 383 g/mol. The maximum Gasteiger partial charge on any atom is 0.238 e. The summed E-state index contributed by atoms with van der Waals surface area (Å²) < 4.78 is 22.7. The maximum absolute atomic E-state index is 11.4. The molecule has 0 radical (unpaired) electrons. The van der Waals surface area contributed by atoms with E-state index in [2.05, 4.69) is 20.3 Å². The van der Waals surface area contributed by atoms with E-state index in [1.165, 1.54) is 18.5 Å². The SMILES string of the molecule is NS(=O)(=O)c1ccc(Nc2ncnc3ccc(-c4cncs4)cc23)cc1. The van der Waals surface area contributed by atoms with Crippen molar-refractivity contribution in [2.24, 2.45) is 5.14 Å². The molecular formula is C17H13N5O2S2. The number of benzene rings is 2. The number of nitrogens with two attached hydrogens (primary N) is 1. The van der Waals surface area contributed by atoms with Crippen molar-refractivity contribution in [2.45, 2.75) is 4.90 Å². The first-order valence-electron chi connectivity index (χ1n) is 7.54. The molecule has 0 amide bonds. The van der Waals surface area contributed by atoms with E-state index in [0.29, 0.717) is 11.5 Å². The Hall–Kier alpha value is -2.88. The molecule has 0 fully saturated rings. The lowest BCUT2D eigenvalue weighted by Crippen LogP contribution is -2.11. The van der Waals surface area contributed by atoms with Crippen LogP contribution >= 0.6 is 11.3 Å². The van der Waals surface area contributed by atoms with Gasteiger partial charge in [-0.15, -0.1) is 11.3 Å². The largest absolute Gasteiger partial charge is 0.340 e. The lowest BCUT2D eigenvalue weighted by Gasteiger charge is -2.10. The van der Waals surface area contributed by atoms with Crippen molar-refractivity contribution in [3.8, 4) is 10.4 Å². The Kier molecular flexibility index (Phi) is 4.11. The van der Waals surface area contributed by atoms with Gasteiger partial charge < -0.3 is 5.32 Å². The van der Waals surface area contributed by atoms with Crippen molar-refractivity contribution < 1.29 is 8.42 Å². The summed E-state index contributed by atoms with van der Waals surface area (Å²) in [4.78, 5) is 13.8. The number of nitrogens with zero attached hydrogens (tertiary/aromatic N) is 3. The minimum absolute atomic E-state index is 0.0584. The minimum atomic E-state index is -3.72. The van der Waals surface area contributed by atoms with Crippen LogP contribution in [-0.4, -0.2) is 23.4 Å². The van der Waals surface area contributed by atoms with Crippen LogP contribution < -0.4 is 10.5 Å². The van der Waals surface area contributed by atoms with Crippen molar-refractivity contribution in [1.82, 2.24) is 15.0 Å². The topological polar surface area (TPSA) is 111 Å². The van der Waals surface area contributed by atoms with Crippen LogP contribution in [0.4, 0.5) is 11.5 Å². The Morgan fingerprint density at radius 3 is 2.54 bits per heavy atom. The molecule has 0 atom stereocenters. The van der Waals surface area contributed by atoms with Crippen LogP contribution in [0.5, 0.6) is 0 Å². The highest BCUT2D eigenvalue weighted by Gasteiger charge is 2.09. The summed E-state index contributed by atoms with van der Waals surface area (Å²) >= 11 is 1.56. The highest BCUT2D eigenvalue weighted by Crippen LogP contribution is 2.30. The quantitative estimate of drug-likeness (QED) is 0.560. The zero-order valence-electron chi connectivity index (χ0n) is 13.3. The summed E-state index contributed by atoms with van der Waals surface area (Å²) in [6, 6.07) is 12.1. The van der Waals surface area contributed by atoms with Gasteiger partial charge in [0.05, 0.1) is 20.8 Å². The van der Waals surface area contributed by atoms with Crippen molar-refractivity contribution in [3.63, 3.8) is 0 Å². The van der Waals surface area contributed by atoms with E-state index in [0.717, 1.165) is 21.3 Å². The summed E-state index contributed by atoms with van der Waals surface area (Å²) in [6.07, 6.45) is 3.30. The number of rotatable bonds is 4. The molecule has 2 aromatic carbocycles. The number of aromatic nitrogens is 3. The highest BCUT2D eigenvalue weighted by atomic mass is 32.2. The van der Waals surface area contributed by atoms with Crippen molar-refractivity contribution in [2.75, 3.05) is 5.32 Å². The van der Waals surface area contributed by atoms with E-state index in [9.17, 15) is 8.42 Å². The second-order valence-electron chi connectivity index (χ2n) is 5.51. The number of fused-ring (bicyclic) bond motifs is 1. The van der Waals surface area contributed by atoms with Crippen molar-refractivity contribution in [1.29, 1.82) is 0 Å². The molecule has 0 saturated heterocycles. The fourth-order valence-electron chi connectivity index (χ4n) is 2.53. The third-order valence-corrected chi connectivity index (χ3v) is 5.55. The minimum Gasteiger partial charge on any atom is -0.340 e. The first-order chi connectivity index (χ1) is 12.5. The molecule has 0 spiro atoms. The molecule has 0 aliphatic rings. The molecule has 3 N–H and O–H groups in total. The van der Waals surface area contributed by atoms with Crippen molar-refractivity contribution >= 4 is 43.8 Å². The highest BCUT2D eigenvalue weighted by molar-refractivity contribution is 7.89. The molecule has 2 heterocycles. The fourth-order valence-corrected chi connectivity index (χ4v) is 3.67. The number of sulfonamides is 1. The molecule has 7 nitrogen and oxygen atoms in total. The molecule has 130 valence electrons. The average Bonchev–Trinajstić information content (AvgIpc) is 3.16. The zero-order chi connectivity index (χ0) is 18.1. The zero-order valence-corrected chi connectivity index (χ0v) is 15.0. The fraction of sp³-hybridized carbons (Fsp3) is 0. The molecular weight excluding hydrogens is 370 g/mol. The average molecular weight is 383 g/mol. The van der Waals surface area contributed by atoms with Gasteiger partial charge in [0.15, 0.2) is 0 Å². The van der Waals surface area contributed by atoms with Crippen LogP contribution in [0, 0.1) is 0 Å². The standard InChI is InChI=1S/C17H13N5O2S2/c18-26(23,24)13-4-2-12(3-5-13)22-17-14-7-11(16-8-19-10-25-16)1-6-15(14)20-9-21-17/h1-10H,(H2,18,23,24)(H,20,21,22). The lowest BCUT2D eigenvalue weighted by atomic mass is 10.1. The summed E-state index contributed by atoms with van der Waals surface area (Å²) in [5.74, 6) is 0.629. The molecule has 4 aromatic rings. The van der Waals surface area contributed by atoms with Gasteiger partial charge in [0.2, 0.25) is 10.0 Å². The first kappa shape index (κ1) is 16.6. The van der Waals surface area contributed by atoms with E-state index in [-0.39, 0.29) is 4.90 Å². The predicted molar refractivity (Wildman–Crippen MR) is 102 cm³/mol. The number of hydrogen-bond donors (Lipinski definition) is 2. The van der Waals surface area contributed by atoms with E-state index in [4.69, 9.17) is 5.14 Å². The van der Waals surface area contributed by atoms with Gasteiger partial charge in [0.25, 0.3) is 0 Å². The van der Waals surface area contributed by atoms with Gasteiger partial charge in [-0.3, -0.25) is 4.98 Å². The molecule has 4 rings (SSSR count). The molecule has 0 bridgehead atoms. The number of thiazole rings is 1. The summed E-state index contributed by atoms with van der Waals surface area (Å²) in [7, 11) is -3.72. The number of hydrogen-bond acceptors (Lipinski definition) is 7. The Bertz CT molecular complexity index is 1170. The predicted octanol–water partition coefficient (Wildman–Crippen LogP) is 3.14. The Labute approximate surface area is 153 Å². The molecule has 0 aliphatic heterocycles. The van der Waals surface area contributed by atoms with Crippen LogP contribution in [0.1, 0.15) is 0 Å². The second-order valence-corrected chi connectivity index (χ2v) is 7.96. The van der Waals surface area contributed by atoms with Crippen LogP contribution in [0.25, 0.3) is 21.3 Å². The van der Waals surface area contributed by atoms with E-state index >= 15 is 0 Å². The van der Waals surface area contributed by atoms with E-state index in [1.54, 1.807) is 29.0 Å². The third-order valence-electron chi connectivity index (χ3n) is 3.80. The molecule has 26 heavy (non-hydrogen) atoms. The summed E-state index contributed by atoms with van der Waals surface area (Å²) in [5, 5.41) is 9.18. The molecule has 9 heteroatoms. The van der Waals surface area contributed by atoms with Crippen LogP contribution in [0.15, 0.2) is 65.4 Å². The van der Waals surface area contributed by atoms with Gasteiger partial charge in [-0.05, 0) is 42.0 Å². The van der Waals surface area contributed by atoms with E-state index in [1.807, 2.05) is 24.4 Å². The first-order valence-corrected chi connectivity index (χ1v) is 9.97. The van der Waals surface area contributed by atoms with Gasteiger partial charge in [-0.25, -0.2) is 23.5 Å². The Morgan fingerprint density at radius 2 is 1.85 bits per heavy atom. The summed E-state index contributed by atoms with van der Waals surface area (Å²) in [5.41, 5.74) is 4.31. The van der Waals surface area contributed by atoms with Gasteiger partial charge >= 0.3 is 0 Å². The lowest BCUT2D eigenvalue weighted by molar-refractivity contribution is 0.598. The van der Waals surface area contributed by atoms with Crippen molar-refractivity contribution in [3.05, 3.63) is 60.5 Å². The smallest absolute Gasteiger partial charge is 0.238 e. The number of nitrogens with one attached hydrogen (secondary N) is 1. The second kappa shape index (κ2) is 6.45. The van der Waals surface area contributed by atoms with Gasteiger partial charge in [-0.1, -0.05) is 6.07 Å². The maximum atomic E-state index is 11.4. The van der Waals surface area contributed by atoms with Gasteiger partial charge in [0, 0.05) is 17.3 Å². The third kappa shape index (κ3) is 3.27. The molecule has 0 aliphatic carbocycles. The molecule has 2 aromatic heterocycles. The molecule has 0 saturated carbocycles. The number of anilines is 2. The summed E-state index contributed by atoms with van der Waals surface area (Å²) in [6.45, 7) is 0. The van der Waals surface area contributed by atoms with Gasteiger partial charge in [0.1, 0.15) is 12.1 Å².